The van der Waals surface area contributed by atoms with Gasteiger partial charge < -0.3 is 0 Å². The van der Waals surface area contributed by atoms with Gasteiger partial charge in [-0.1, -0.05) is 23.7 Å². The first-order chi connectivity index (χ1) is 11.5. The Hall–Kier alpha value is -2.25. The number of anilines is 1. The molecule has 1 aromatic carbocycles. The Morgan fingerprint density at radius 3 is 2.79 bits per heavy atom. The van der Waals surface area contributed by atoms with E-state index in [1.165, 1.54) is 16.3 Å². The van der Waals surface area contributed by atoms with Crippen molar-refractivity contribution in [1.29, 1.82) is 0 Å². The van der Waals surface area contributed by atoms with Gasteiger partial charge >= 0.3 is 0 Å². The lowest BCUT2D eigenvalue weighted by Crippen LogP contribution is -2.34. The summed E-state index contributed by atoms with van der Waals surface area (Å²) in [5.41, 5.74) is 1.46. The standard InChI is InChI=1S/C16H15ClN4O2S/c1-21-14(22)7-6-13(20-21)15(23)19-16-18-9-12(24-16)8-10-2-4-11(17)5-3-10/h2-5,9H,6-8H2,1H3,(H,18,19,23). The first-order valence-corrected chi connectivity index (χ1v) is 8.55. The van der Waals surface area contributed by atoms with Crippen molar-refractivity contribution in [3.05, 3.63) is 45.9 Å². The van der Waals surface area contributed by atoms with E-state index in [0.717, 1.165) is 16.9 Å². The lowest BCUT2D eigenvalue weighted by molar-refractivity contribution is -0.130. The van der Waals surface area contributed by atoms with E-state index >= 15 is 0 Å². The Kier molecular flexibility index (Phi) is 4.92. The number of carbonyl (C=O) groups excluding carboxylic acids is 2. The van der Waals surface area contributed by atoms with Crippen molar-refractivity contribution >= 4 is 45.6 Å². The minimum absolute atomic E-state index is 0.0916. The lowest BCUT2D eigenvalue weighted by Gasteiger charge is -2.18. The van der Waals surface area contributed by atoms with E-state index in [0.29, 0.717) is 28.7 Å². The normalized spacial score (nSPS) is 14.5. The highest BCUT2D eigenvalue weighted by molar-refractivity contribution is 7.15. The maximum absolute atomic E-state index is 12.2. The number of nitrogens with zero attached hydrogens (tertiary/aromatic N) is 3. The van der Waals surface area contributed by atoms with E-state index in [2.05, 4.69) is 15.4 Å². The van der Waals surface area contributed by atoms with Crippen LogP contribution in [0.15, 0.2) is 35.6 Å². The van der Waals surface area contributed by atoms with Gasteiger partial charge in [-0.25, -0.2) is 9.99 Å². The number of aromatic nitrogens is 1. The molecule has 2 heterocycles. The topological polar surface area (TPSA) is 74.7 Å². The molecule has 1 aliphatic heterocycles. The monoisotopic (exact) mass is 362 g/mol. The van der Waals surface area contributed by atoms with Crippen LogP contribution in [-0.2, 0) is 16.0 Å². The molecule has 0 radical (unpaired) electrons. The molecule has 2 amide bonds. The fraction of sp³-hybridized carbons (Fsp3) is 0.250. The van der Waals surface area contributed by atoms with Gasteiger partial charge in [0.25, 0.3) is 5.91 Å². The molecule has 0 bridgehead atoms. The fourth-order valence-electron chi connectivity index (χ4n) is 2.25. The van der Waals surface area contributed by atoms with Gasteiger partial charge in [0.15, 0.2) is 5.13 Å². The van der Waals surface area contributed by atoms with Crippen LogP contribution in [0.3, 0.4) is 0 Å². The molecule has 1 aliphatic rings. The van der Waals surface area contributed by atoms with Gasteiger partial charge in [-0.05, 0) is 17.7 Å². The number of hydrogen-bond acceptors (Lipinski definition) is 5. The van der Waals surface area contributed by atoms with Crippen molar-refractivity contribution < 1.29 is 9.59 Å². The summed E-state index contributed by atoms with van der Waals surface area (Å²) in [6.07, 6.45) is 3.11. The molecular formula is C16H15ClN4O2S. The Morgan fingerprint density at radius 2 is 2.08 bits per heavy atom. The summed E-state index contributed by atoms with van der Waals surface area (Å²) in [6.45, 7) is 0. The minimum Gasteiger partial charge on any atom is -0.297 e. The van der Waals surface area contributed by atoms with Crippen molar-refractivity contribution in [3.8, 4) is 0 Å². The van der Waals surface area contributed by atoms with Gasteiger partial charge in [0.05, 0.1) is 0 Å². The van der Waals surface area contributed by atoms with Crippen LogP contribution >= 0.6 is 22.9 Å². The second-order valence-electron chi connectivity index (χ2n) is 5.35. The summed E-state index contributed by atoms with van der Waals surface area (Å²) in [5.74, 6) is -0.409. The molecular weight excluding hydrogens is 348 g/mol. The number of benzene rings is 1. The predicted molar refractivity (Wildman–Crippen MR) is 94.4 cm³/mol. The third-order valence-electron chi connectivity index (χ3n) is 3.54. The highest BCUT2D eigenvalue weighted by Gasteiger charge is 2.22. The third-order valence-corrected chi connectivity index (χ3v) is 4.70. The number of thiazole rings is 1. The van der Waals surface area contributed by atoms with Gasteiger partial charge in [0.2, 0.25) is 5.91 Å². The van der Waals surface area contributed by atoms with Crippen molar-refractivity contribution in [1.82, 2.24) is 9.99 Å². The maximum atomic E-state index is 12.2. The third kappa shape index (κ3) is 3.98. The number of hydrazone groups is 1. The number of nitrogens with one attached hydrogen (secondary N) is 1. The number of carbonyl (C=O) groups is 2. The van der Waals surface area contributed by atoms with Gasteiger partial charge in [-0.2, -0.15) is 5.10 Å². The molecule has 0 saturated carbocycles. The summed E-state index contributed by atoms with van der Waals surface area (Å²) in [6, 6.07) is 7.62. The minimum atomic E-state index is -0.318. The Balaban J connectivity index is 1.63. The Morgan fingerprint density at radius 1 is 1.33 bits per heavy atom. The summed E-state index contributed by atoms with van der Waals surface area (Å²) in [5, 5.41) is 9.16. The van der Waals surface area contributed by atoms with Gasteiger partial charge in [0.1, 0.15) is 5.71 Å². The molecule has 0 spiro atoms. The predicted octanol–water partition coefficient (Wildman–Crippen LogP) is 2.93. The highest BCUT2D eigenvalue weighted by atomic mass is 35.5. The number of rotatable bonds is 4. The summed E-state index contributed by atoms with van der Waals surface area (Å²) in [4.78, 5) is 28.8. The molecule has 0 aliphatic carbocycles. The molecule has 24 heavy (non-hydrogen) atoms. The molecule has 0 fully saturated rings. The molecule has 0 saturated heterocycles. The largest absolute Gasteiger partial charge is 0.297 e. The first-order valence-electron chi connectivity index (χ1n) is 7.36. The average molecular weight is 363 g/mol. The first kappa shape index (κ1) is 16.6. The zero-order valence-electron chi connectivity index (χ0n) is 13.0. The van der Waals surface area contributed by atoms with Crippen molar-refractivity contribution in [3.63, 3.8) is 0 Å². The van der Waals surface area contributed by atoms with Crippen LogP contribution in [0.5, 0.6) is 0 Å². The maximum Gasteiger partial charge on any atom is 0.273 e. The van der Waals surface area contributed by atoms with Crippen LogP contribution < -0.4 is 5.32 Å². The van der Waals surface area contributed by atoms with Crippen LogP contribution in [0.2, 0.25) is 5.02 Å². The van der Waals surface area contributed by atoms with E-state index in [9.17, 15) is 9.59 Å². The number of amides is 2. The molecule has 0 atom stereocenters. The van der Waals surface area contributed by atoms with Gasteiger partial charge in [-0.3, -0.25) is 14.9 Å². The number of hydrogen-bond donors (Lipinski definition) is 1. The van der Waals surface area contributed by atoms with Crippen LogP contribution in [0, 0.1) is 0 Å². The van der Waals surface area contributed by atoms with Crippen molar-refractivity contribution in [2.75, 3.05) is 12.4 Å². The van der Waals surface area contributed by atoms with Gasteiger partial charge in [0, 0.05) is 42.4 Å². The zero-order valence-corrected chi connectivity index (χ0v) is 14.5. The zero-order chi connectivity index (χ0) is 17.1. The molecule has 1 N–H and O–H groups in total. The van der Waals surface area contributed by atoms with Crippen molar-refractivity contribution in [2.45, 2.75) is 19.3 Å². The SMILES string of the molecule is CN1N=C(C(=O)Nc2ncc(Cc3ccc(Cl)cc3)s2)CCC1=O. The van der Waals surface area contributed by atoms with E-state index in [1.54, 1.807) is 13.2 Å². The molecule has 2 aromatic rings. The average Bonchev–Trinajstić information content (AvgIpc) is 2.99. The van der Waals surface area contributed by atoms with Crippen LogP contribution in [-0.4, -0.2) is 34.6 Å². The summed E-state index contributed by atoms with van der Waals surface area (Å²) < 4.78 is 0. The summed E-state index contributed by atoms with van der Waals surface area (Å²) in [7, 11) is 1.54. The summed E-state index contributed by atoms with van der Waals surface area (Å²) >= 11 is 7.29. The van der Waals surface area contributed by atoms with Crippen LogP contribution in [0.25, 0.3) is 0 Å². The van der Waals surface area contributed by atoms with Crippen LogP contribution in [0.1, 0.15) is 23.3 Å². The smallest absolute Gasteiger partial charge is 0.273 e. The second kappa shape index (κ2) is 7.11. The Bertz CT molecular complexity index is 801. The molecule has 6 nitrogen and oxygen atoms in total. The lowest BCUT2D eigenvalue weighted by atomic mass is 10.1. The second-order valence-corrected chi connectivity index (χ2v) is 6.90. The Labute approximate surface area is 148 Å². The molecule has 124 valence electrons. The van der Waals surface area contributed by atoms with E-state index in [4.69, 9.17) is 11.6 Å². The fourth-order valence-corrected chi connectivity index (χ4v) is 3.22. The van der Waals surface area contributed by atoms with Crippen LogP contribution in [0.4, 0.5) is 5.13 Å². The van der Waals surface area contributed by atoms with Crippen molar-refractivity contribution in [2.24, 2.45) is 5.10 Å². The molecule has 0 unspecified atom stereocenters. The van der Waals surface area contributed by atoms with Gasteiger partial charge in [-0.15, -0.1) is 11.3 Å². The molecule has 3 rings (SSSR count). The number of halogens is 1. The quantitative estimate of drug-likeness (QED) is 0.908. The van der Waals surface area contributed by atoms with E-state index in [-0.39, 0.29) is 11.8 Å². The van der Waals surface area contributed by atoms with E-state index in [1.807, 2.05) is 24.3 Å². The molecule has 8 heteroatoms. The highest BCUT2D eigenvalue weighted by Crippen LogP contribution is 2.22. The molecule has 1 aromatic heterocycles. The van der Waals surface area contributed by atoms with E-state index < -0.39 is 0 Å².